The molecule has 1 saturated heterocycles. The van der Waals surface area contributed by atoms with Crippen LogP contribution in [0, 0.1) is 12.7 Å². The largest absolute Gasteiger partial charge is 0.367 e. The number of primary amides is 1. The molecule has 122 valence electrons. The molecule has 0 aliphatic carbocycles. The first-order valence-corrected chi connectivity index (χ1v) is 8.84. The summed E-state index contributed by atoms with van der Waals surface area (Å²) in [6.45, 7) is 4.85. The average molecular weight is 399 g/mol. The Balaban J connectivity index is 1.81. The van der Waals surface area contributed by atoms with Crippen molar-refractivity contribution in [1.29, 1.82) is 0 Å². The van der Waals surface area contributed by atoms with E-state index in [9.17, 15) is 9.18 Å². The zero-order valence-electron chi connectivity index (χ0n) is 12.6. The number of hydrogen-bond acceptors (Lipinski definition) is 5. The highest BCUT2D eigenvalue weighted by Gasteiger charge is 2.24. The standard InChI is InChI=1S/C15H16BrFN4OS/c1-9-8-23-15(19-9)21-4-2-20(3-5-21)12-7-10(16)6-11(17)13(12)14(18)22/h6-8H,2-5H2,1H3,(H2,18,22). The lowest BCUT2D eigenvalue weighted by Crippen LogP contribution is -2.47. The first-order valence-electron chi connectivity index (χ1n) is 7.16. The third kappa shape index (κ3) is 3.32. The van der Waals surface area contributed by atoms with Gasteiger partial charge in [-0.05, 0) is 19.1 Å². The van der Waals surface area contributed by atoms with Crippen LogP contribution in [0.25, 0.3) is 0 Å². The van der Waals surface area contributed by atoms with E-state index in [0.29, 0.717) is 23.2 Å². The minimum absolute atomic E-state index is 0.0493. The minimum atomic E-state index is -0.747. The number of anilines is 2. The Bertz CT molecular complexity index is 743. The molecule has 1 fully saturated rings. The summed E-state index contributed by atoms with van der Waals surface area (Å²) < 4.78 is 14.7. The Morgan fingerprint density at radius 1 is 1.30 bits per heavy atom. The molecule has 0 radical (unpaired) electrons. The molecule has 1 amide bonds. The third-order valence-electron chi connectivity index (χ3n) is 3.78. The van der Waals surface area contributed by atoms with E-state index in [1.807, 2.05) is 17.2 Å². The molecule has 3 rings (SSSR count). The van der Waals surface area contributed by atoms with Gasteiger partial charge in [0, 0.05) is 36.0 Å². The maximum absolute atomic E-state index is 14.1. The van der Waals surface area contributed by atoms with Crippen molar-refractivity contribution < 1.29 is 9.18 Å². The minimum Gasteiger partial charge on any atom is -0.367 e. The Kier molecular flexibility index (Phi) is 4.54. The van der Waals surface area contributed by atoms with E-state index >= 15 is 0 Å². The molecule has 2 aromatic rings. The van der Waals surface area contributed by atoms with Crippen LogP contribution in [0.4, 0.5) is 15.2 Å². The van der Waals surface area contributed by atoms with E-state index in [2.05, 4.69) is 25.8 Å². The second kappa shape index (κ2) is 6.45. The summed E-state index contributed by atoms with van der Waals surface area (Å²) in [6.07, 6.45) is 0. The second-order valence-corrected chi connectivity index (χ2v) is 7.14. The van der Waals surface area contributed by atoms with Gasteiger partial charge in [-0.2, -0.15) is 0 Å². The van der Waals surface area contributed by atoms with Crippen LogP contribution in [0.1, 0.15) is 16.1 Å². The van der Waals surface area contributed by atoms with Gasteiger partial charge in [-0.3, -0.25) is 4.79 Å². The molecule has 0 unspecified atom stereocenters. The fraction of sp³-hybridized carbons (Fsp3) is 0.333. The summed E-state index contributed by atoms with van der Waals surface area (Å²) in [4.78, 5) is 20.3. The van der Waals surface area contributed by atoms with Crippen molar-refractivity contribution in [2.24, 2.45) is 5.73 Å². The number of carbonyl (C=O) groups is 1. The van der Waals surface area contributed by atoms with Gasteiger partial charge in [-0.15, -0.1) is 11.3 Å². The highest BCUT2D eigenvalue weighted by molar-refractivity contribution is 9.10. The van der Waals surface area contributed by atoms with Gasteiger partial charge in [0.25, 0.3) is 5.91 Å². The van der Waals surface area contributed by atoms with Crippen LogP contribution in [0.5, 0.6) is 0 Å². The lowest BCUT2D eigenvalue weighted by Gasteiger charge is -2.36. The molecule has 8 heteroatoms. The predicted octanol–water partition coefficient (Wildman–Crippen LogP) is 2.78. The maximum Gasteiger partial charge on any atom is 0.253 e. The molecule has 1 aliphatic heterocycles. The van der Waals surface area contributed by atoms with Gasteiger partial charge in [0.2, 0.25) is 0 Å². The average Bonchev–Trinajstić information content (AvgIpc) is 2.92. The van der Waals surface area contributed by atoms with Crippen LogP contribution in [0.3, 0.4) is 0 Å². The molecule has 1 aliphatic rings. The second-order valence-electron chi connectivity index (χ2n) is 5.39. The summed E-state index contributed by atoms with van der Waals surface area (Å²) >= 11 is 4.90. The highest BCUT2D eigenvalue weighted by Crippen LogP contribution is 2.30. The maximum atomic E-state index is 14.1. The number of hydrogen-bond donors (Lipinski definition) is 1. The number of piperazine rings is 1. The van der Waals surface area contributed by atoms with Gasteiger partial charge in [0.05, 0.1) is 16.9 Å². The van der Waals surface area contributed by atoms with Crippen molar-refractivity contribution in [3.05, 3.63) is 39.1 Å². The van der Waals surface area contributed by atoms with Crippen LogP contribution in [0.15, 0.2) is 22.0 Å². The Morgan fingerprint density at radius 3 is 2.52 bits per heavy atom. The Hall–Kier alpha value is -1.67. The zero-order chi connectivity index (χ0) is 16.6. The Morgan fingerprint density at radius 2 is 1.96 bits per heavy atom. The van der Waals surface area contributed by atoms with Crippen LogP contribution in [-0.4, -0.2) is 37.1 Å². The first kappa shape index (κ1) is 16.2. The normalized spacial score (nSPS) is 15.1. The monoisotopic (exact) mass is 398 g/mol. The molecule has 5 nitrogen and oxygen atoms in total. The molecule has 0 bridgehead atoms. The first-order chi connectivity index (χ1) is 11.0. The van der Waals surface area contributed by atoms with Gasteiger partial charge in [-0.25, -0.2) is 9.37 Å². The molecule has 2 heterocycles. The summed E-state index contributed by atoms with van der Waals surface area (Å²) in [5.41, 5.74) is 6.86. The molecular weight excluding hydrogens is 383 g/mol. The SMILES string of the molecule is Cc1csc(N2CCN(c3cc(Br)cc(F)c3C(N)=O)CC2)n1. The number of thiazole rings is 1. The summed E-state index contributed by atoms with van der Waals surface area (Å²) in [5, 5.41) is 3.02. The van der Waals surface area contributed by atoms with Crippen LogP contribution in [-0.2, 0) is 0 Å². The number of nitrogens with two attached hydrogens (primary N) is 1. The number of nitrogens with zero attached hydrogens (tertiary/aromatic N) is 3. The van der Waals surface area contributed by atoms with Gasteiger partial charge < -0.3 is 15.5 Å². The molecule has 1 aromatic carbocycles. The van der Waals surface area contributed by atoms with Gasteiger partial charge in [0.1, 0.15) is 5.82 Å². The van der Waals surface area contributed by atoms with Crippen LogP contribution >= 0.6 is 27.3 Å². The molecule has 23 heavy (non-hydrogen) atoms. The number of amides is 1. The molecule has 1 aromatic heterocycles. The lowest BCUT2D eigenvalue weighted by molar-refractivity contribution is 0.0997. The van der Waals surface area contributed by atoms with Gasteiger partial charge >= 0.3 is 0 Å². The van der Waals surface area contributed by atoms with Gasteiger partial charge in [0.15, 0.2) is 5.13 Å². The lowest BCUT2D eigenvalue weighted by atomic mass is 10.1. The van der Waals surface area contributed by atoms with Crippen molar-refractivity contribution in [2.45, 2.75) is 6.92 Å². The topological polar surface area (TPSA) is 62.5 Å². The molecule has 0 spiro atoms. The fourth-order valence-electron chi connectivity index (χ4n) is 2.68. The van der Waals surface area contributed by atoms with Crippen molar-refractivity contribution in [1.82, 2.24) is 4.98 Å². The van der Waals surface area contributed by atoms with Gasteiger partial charge in [-0.1, -0.05) is 15.9 Å². The molecular formula is C15H16BrFN4OS. The highest BCUT2D eigenvalue weighted by atomic mass is 79.9. The smallest absolute Gasteiger partial charge is 0.253 e. The number of halogens is 2. The third-order valence-corrected chi connectivity index (χ3v) is 5.26. The van der Waals surface area contributed by atoms with Crippen molar-refractivity contribution >= 4 is 44.0 Å². The predicted molar refractivity (Wildman–Crippen MR) is 93.9 cm³/mol. The number of benzene rings is 1. The summed E-state index contributed by atoms with van der Waals surface area (Å²) in [5.74, 6) is -1.34. The van der Waals surface area contributed by atoms with Crippen LogP contribution < -0.4 is 15.5 Å². The molecule has 0 saturated carbocycles. The van der Waals surface area contributed by atoms with E-state index in [-0.39, 0.29) is 5.56 Å². The van der Waals surface area contributed by atoms with E-state index in [1.165, 1.54) is 6.07 Å². The number of aryl methyl sites for hydroxylation is 1. The Labute approximate surface area is 146 Å². The molecule has 2 N–H and O–H groups in total. The van der Waals surface area contributed by atoms with Crippen LogP contribution in [0.2, 0.25) is 0 Å². The van der Waals surface area contributed by atoms with Crippen molar-refractivity contribution in [3.63, 3.8) is 0 Å². The summed E-state index contributed by atoms with van der Waals surface area (Å²) in [7, 11) is 0. The van der Waals surface area contributed by atoms with E-state index < -0.39 is 11.7 Å². The van der Waals surface area contributed by atoms with E-state index in [0.717, 1.165) is 23.9 Å². The van der Waals surface area contributed by atoms with Crippen molar-refractivity contribution in [2.75, 3.05) is 36.0 Å². The van der Waals surface area contributed by atoms with Crippen molar-refractivity contribution in [3.8, 4) is 0 Å². The summed E-state index contributed by atoms with van der Waals surface area (Å²) in [6, 6.07) is 3.00. The van der Waals surface area contributed by atoms with E-state index in [1.54, 1.807) is 17.4 Å². The van der Waals surface area contributed by atoms with E-state index in [4.69, 9.17) is 5.73 Å². The number of carbonyl (C=O) groups excluding carboxylic acids is 1. The quantitative estimate of drug-likeness (QED) is 0.863. The fourth-order valence-corrected chi connectivity index (χ4v) is 3.95. The number of rotatable bonds is 3. The molecule has 0 atom stereocenters. The number of aromatic nitrogens is 1. The zero-order valence-corrected chi connectivity index (χ0v) is 15.0.